The molecule has 1 aliphatic heterocycles. The number of hydrogen-bond donors (Lipinski definition) is 6. The Morgan fingerprint density at radius 2 is 1.40 bits per heavy atom. The Morgan fingerprint density at radius 1 is 0.829 bits per heavy atom. The smallest absolute Gasteiger partial charge is 0.338 e. The molecule has 11 heteroatoms. The number of benzene rings is 3. The predicted molar refractivity (Wildman–Crippen MR) is 119 cm³/mol. The molecule has 184 valence electrons. The number of ether oxygens (including phenoxy) is 4. The van der Waals surface area contributed by atoms with Gasteiger partial charge in [0.25, 0.3) is 0 Å². The van der Waals surface area contributed by atoms with Crippen LogP contribution in [0, 0.1) is 0 Å². The molecule has 11 nitrogen and oxygen atoms in total. The van der Waals surface area contributed by atoms with E-state index in [1.54, 1.807) is 12.1 Å². The third kappa shape index (κ3) is 4.31. The van der Waals surface area contributed by atoms with Crippen LogP contribution in [0.1, 0.15) is 27.6 Å². The number of aromatic hydroxyl groups is 6. The van der Waals surface area contributed by atoms with Crippen LogP contribution in [0.15, 0.2) is 36.4 Å². The van der Waals surface area contributed by atoms with Crippen molar-refractivity contribution < 1.29 is 54.4 Å². The summed E-state index contributed by atoms with van der Waals surface area (Å²) >= 11 is 0. The topological polar surface area (TPSA) is 175 Å². The summed E-state index contributed by atoms with van der Waals surface area (Å²) in [7, 11) is 2.91. The van der Waals surface area contributed by atoms with Crippen molar-refractivity contribution in [3.05, 3.63) is 53.1 Å². The van der Waals surface area contributed by atoms with Gasteiger partial charge in [-0.05, 0) is 24.3 Å². The van der Waals surface area contributed by atoms with Crippen LogP contribution in [0.4, 0.5) is 0 Å². The zero-order valence-electron chi connectivity index (χ0n) is 18.6. The lowest BCUT2D eigenvalue weighted by molar-refractivity contribution is -0.0189. The Morgan fingerprint density at radius 3 is 1.94 bits per heavy atom. The van der Waals surface area contributed by atoms with Gasteiger partial charge in [-0.2, -0.15) is 0 Å². The molecule has 0 spiro atoms. The molecule has 0 amide bonds. The summed E-state index contributed by atoms with van der Waals surface area (Å²) in [6.07, 6.45) is -2.06. The average molecular weight is 486 g/mol. The summed E-state index contributed by atoms with van der Waals surface area (Å²) in [6, 6.07) is 7.37. The van der Waals surface area contributed by atoms with Crippen LogP contribution in [0.5, 0.6) is 51.7 Å². The maximum atomic E-state index is 12.9. The zero-order chi connectivity index (χ0) is 25.4. The van der Waals surface area contributed by atoms with Gasteiger partial charge < -0.3 is 49.6 Å². The van der Waals surface area contributed by atoms with Gasteiger partial charge in [0, 0.05) is 29.7 Å². The molecule has 4 rings (SSSR count). The second-order valence-corrected chi connectivity index (χ2v) is 7.76. The van der Waals surface area contributed by atoms with Gasteiger partial charge in [-0.1, -0.05) is 0 Å². The van der Waals surface area contributed by atoms with E-state index in [1.807, 2.05) is 0 Å². The van der Waals surface area contributed by atoms with Gasteiger partial charge >= 0.3 is 5.97 Å². The van der Waals surface area contributed by atoms with Gasteiger partial charge in [0.15, 0.2) is 40.6 Å². The van der Waals surface area contributed by atoms with Gasteiger partial charge in [-0.15, -0.1) is 0 Å². The standard InChI is InChI=1S/C24H22O11/c1-32-12-7-18(33-2)13-9-20(35-24(31)11-5-16(27)22(30)17(28)6-11)23(34-19(13)8-12)10-3-14(25)21(29)15(26)4-10/h3-8,20,23,25-30H,9H2,1-2H3. The van der Waals surface area contributed by atoms with Crippen molar-refractivity contribution in [1.29, 1.82) is 0 Å². The summed E-state index contributed by atoms with van der Waals surface area (Å²) in [5, 5.41) is 58.8. The molecule has 0 radical (unpaired) electrons. The molecule has 2 atom stereocenters. The molecule has 2 unspecified atom stereocenters. The highest BCUT2D eigenvalue weighted by Crippen LogP contribution is 2.46. The number of phenols is 6. The van der Waals surface area contributed by atoms with Crippen LogP contribution in [0.25, 0.3) is 0 Å². The molecule has 35 heavy (non-hydrogen) atoms. The van der Waals surface area contributed by atoms with Gasteiger partial charge in [0.05, 0.1) is 19.8 Å². The van der Waals surface area contributed by atoms with Crippen LogP contribution in [-0.4, -0.2) is 56.9 Å². The minimum absolute atomic E-state index is 0.0668. The number of hydrogen-bond acceptors (Lipinski definition) is 11. The first kappa shape index (κ1) is 23.5. The minimum atomic E-state index is -1.07. The summed E-state index contributed by atoms with van der Waals surface area (Å²) < 4.78 is 22.4. The molecule has 0 aliphatic carbocycles. The van der Waals surface area contributed by atoms with E-state index in [0.29, 0.717) is 22.8 Å². The summed E-state index contributed by atoms with van der Waals surface area (Å²) in [5.41, 5.74) is 0.478. The van der Waals surface area contributed by atoms with Crippen LogP contribution in [0.2, 0.25) is 0 Å². The van der Waals surface area contributed by atoms with E-state index >= 15 is 0 Å². The van der Waals surface area contributed by atoms with Crippen molar-refractivity contribution >= 4 is 5.97 Å². The van der Waals surface area contributed by atoms with Crippen molar-refractivity contribution in [3.63, 3.8) is 0 Å². The van der Waals surface area contributed by atoms with Gasteiger partial charge in [0.2, 0.25) is 0 Å². The molecule has 1 aliphatic rings. The lowest BCUT2D eigenvalue weighted by Gasteiger charge is -2.34. The Bertz CT molecular complexity index is 1250. The van der Waals surface area contributed by atoms with Crippen molar-refractivity contribution in [2.45, 2.75) is 18.6 Å². The number of methoxy groups -OCH3 is 2. The SMILES string of the molecule is COc1cc(OC)c2c(c1)OC(c1cc(O)c(O)c(O)c1)C(OC(=O)c1cc(O)c(O)c(O)c1)C2. The Kier molecular flexibility index (Phi) is 6.00. The van der Waals surface area contributed by atoms with E-state index < -0.39 is 52.7 Å². The fourth-order valence-electron chi connectivity index (χ4n) is 3.83. The first-order valence-electron chi connectivity index (χ1n) is 10.2. The van der Waals surface area contributed by atoms with Crippen LogP contribution in [-0.2, 0) is 11.2 Å². The first-order chi connectivity index (χ1) is 16.6. The van der Waals surface area contributed by atoms with Gasteiger partial charge in [-0.25, -0.2) is 4.79 Å². The fourth-order valence-corrected chi connectivity index (χ4v) is 3.83. The second-order valence-electron chi connectivity index (χ2n) is 7.76. The molecular weight excluding hydrogens is 464 g/mol. The lowest BCUT2D eigenvalue weighted by atomic mass is 9.93. The molecule has 3 aromatic rings. The molecular formula is C24H22O11. The van der Waals surface area contributed by atoms with E-state index in [4.69, 9.17) is 18.9 Å². The maximum Gasteiger partial charge on any atom is 0.338 e. The quantitative estimate of drug-likeness (QED) is 0.231. The molecule has 0 bridgehead atoms. The van der Waals surface area contributed by atoms with Crippen molar-refractivity contribution in [1.82, 2.24) is 0 Å². The summed E-state index contributed by atoms with van der Waals surface area (Å²) in [6.45, 7) is 0. The molecule has 3 aromatic carbocycles. The lowest BCUT2D eigenvalue weighted by Crippen LogP contribution is -2.35. The maximum absolute atomic E-state index is 12.9. The van der Waals surface area contributed by atoms with E-state index in [9.17, 15) is 35.4 Å². The normalized spacial score (nSPS) is 16.6. The number of fused-ring (bicyclic) bond motifs is 1. The molecule has 6 N–H and O–H groups in total. The van der Waals surface area contributed by atoms with Gasteiger partial charge in [-0.3, -0.25) is 0 Å². The zero-order valence-corrected chi connectivity index (χ0v) is 18.6. The van der Waals surface area contributed by atoms with Crippen molar-refractivity contribution in [3.8, 4) is 51.7 Å². The molecule has 1 heterocycles. The fraction of sp³-hybridized carbons (Fsp3) is 0.208. The van der Waals surface area contributed by atoms with E-state index in [2.05, 4.69) is 0 Å². The number of phenolic OH excluding ortho intramolecular Hbond substituents is 6. The highest BCUT2D eigenvalue weighted by Gasteiger charge is 2.37. The number of esters is 1. The molecule has 0 aromatic heterocycles. The highest BCUT2D eigenvalue weighted by molar-refractivity contribution is 5.91. The second kappa shape index (κ2) is 8.93. The largest absolute Gasteiger partial charge is 0.504 e. The predicted octanol–water partition coefficient (Wildman–Crippen LogP) is 2.84. The van der Waals surface area contributed by atoms with E-state index in [-0.39, 0.29) is 17.5 Å². The van der Waals surface area contributed by atoms with E-state index in [1.165, 1.54) is 14.2 Å². The summed E-state index contributed by atoms with van der Waals surface area (Å²) in [5.74, 6) is -3.98. The number of carbonyl (C=O) groups is 1. The minimum Gasteiger partial charge on any atom is -0.504 e. The number of carbonyl (C=O) groups excluding carboxylic acids is 1. The monoisotopic (exact) mass is 486 g/mol. The van der Waals surface area contributed by atoms with Crippen LogP contribution >= 0.6 is 0 Å². The summed E-state index contributed by atoms with van der Waals surface area (Å²) in [4.78, 5) is 12.9. The average Bonchev–Trinajstić information content (AvgIpc) is 2.84. The Hall–Kier alpha value is -4.67. The number of rotatable bonds is 5. The Labute approximate surface area is 198 Å². The third-order valence-electron chi connectivity index (χ3n) is 5.58. The van der Waals surface area contributed by atoms with Gasteiger partial charge in [0.1, 0.15) is 23.4 Å². The molecule has 0 saturated heterocycles. The van der Waals surface area contributed by atoms with Crippen LogP contribution < -0.4 is 14.2 Å². The molecule has 0 saturated carbocycles. The van der Waals surface area contributed by atoms with Crippen molar-refractivity contribution in [2.75, 3.05) is 14.2 Å². The first-order valence-corrected chi connectivity index (χ1v) is 10.2. The third-order valence-corrected chi connectivity index (χ3v) is 5.58. The van der Waals surface area contributed by atoms with Crippen molar-refractivity contribution in [2.24, 2.45) is 0 Å². The Balaban J connectivity index is 1.77. The molecule has 0 fully saturated rings. The highest BCUT2D eigenvalue weighted by atomic mass is 16.6. The van der Waals surface area contributed by atoms with Crippen LogP contribution in [0.3, 0.4) is 0 Å². The van der Waals surface area contributed by atoms with E-state index in [0.717, 1.165) is 24.3 Å².